The molecule has 8 heteroatoms. The molecule has 1 N–H and O–H groups in total. The molecular weight excluding hydrogens is 327 g/mol. The molecule has 0 aromatic heterocycles. The zero-order chi connectivity index (χ0) is 12.7. The summed E-state index contributed by atoms with van der Waals surface area (Å²) in [6, 6.07) is 8.36. The molecule has 0 saturated heterocycles. The minimum atomic E-state index is -0.453. The average Bonchev–Trinajstić information content (AvgIpc) is 2.29. The van der Waals surface area contributed by atoms with Crippen molar-refractivity contribution in [1.29, 1.82) is 0 Å². The second kappa shape index (κ2) is 12.7. The van der Waals surface area contributed by atoms with Crippen molar-refractivity contribution in [2.75, 3.05) is 18.5 Å². The van der Waals surface area contributed by atoms with Crippen molar-refractivity contribution in [2.24, 2.45) is 0 Å². The second-order valence-electron chi connectivity index (χ2n) is 3.54. The monoisotopic (exact) mass is 343 g/mol. The van der Waals surface area contributed by atoms with Gasteiger partial charge in [0, 0.05) is 19.3 Å². The maximum atomic E-state index is 10.1. The largest absolute Gasteiger partial charge is 1.00 e. The van der Waals surface area contributed by atoms with Crippen molar-refractivity contribution in [2.45, 2.75) is 17.7 Å². The van der Waals surface area contributed by atoms with Gasteiger partial charge in [-0.3, -0.25) is 6.29 Å². The fourth-order valence-electron chi connectivity index (χ4n) is 1.38. The molecule has 1 rings (SSSR count). The topological polar surface area (TPSA) is 50.3 Å². The Labute approximate surface area is 149 Å². The molecule has 0 spiro atoms. The van der Waals surface area contributed by atoms with E-state index in [-0.39, 0.29) is 35.0 Å². The first-order valence-electron chi connectivity index (χ1n) is 5.19. The normalized spacial score (nSPS) is 9.89. The quantitative estimate of drug-likeness (QED) is 0.314. The summed E-state index contributed by atoms with van der Waals surface area (Å²) >= 11 is 6.87. The van der Waals surface area contributed by atoms with E-state index in [0.717, 1.165) is 18.7 Å². The van der Waals surface area contributed by atoms with Gasteiger partial charge in [0.05, 0.1) is 4.90 Å². The number of hydrogen-bond acceptors (Lipinski definition) is 5. The molecule has 0 aliphatic heterocycles. The maximum absolute atomic E-state index is 10.1. The van der Waals surface area contributed by atoms with Gasteiger partial charge in [0.15, 0.2) is 11.8 Å². The van der Waals surface area contributed by atoms with E-state index >= 15 is 0 Å². The van der Waals surface area contributed by atoms with E-state index in [4.69, 9.17) is 11.8 Å². The molecule has 0 amide bonds. The standard InChI is InChI=1S/C11H15NOP2S2.Na.H2O/c1-12(8-2-3-9-13)10-4-6-11(7-5-10)17-15(14)16;;/h4-7H,2-3,8,14H2,1H3;;1H2/q;+1;/p-1. The molecular formula is C11H16NNaO2P2S2. The Morgan fingerprint density at radius 1 is 1.42 bits per heavy atom. The average molecular weight is 343 g/mol. The zero-order valence-corrected chi connectivity index (χ0v) is 16.8. The first-order valence-corrected chi connectivity index (χ1v) is 10.6. The molecule has 0 aliphatic carbocycles. The van der Waals surface area contributed by atoms with E-state index in [1.807, 2.05) is 13.3 Å². The number of nitrogens with zero attached hydrogens (tertiary/aromatic N) is 1. The zero-order valence-electron chi connectivity index (χ0n) is 11.1. The van der Waals surface area contributed by atoms with Crippen molar-refractivity contribution in [3.63, 3.8) is 0 Å². The van der Waals surface area contributed by atoms with E-state index in [9.17, 15) is 4.79 Å². The van der Waals surface area contributed by atoms with Crippen LogP contribution in [0.25, 0.3) is 0 Å². The van der Waals surface area contributed by atoms with Gasteiger partial charge in [-0.25, -0.2) is 0 Å². The smallest absolute Gasteiger partial charge is 0.870 e. The van der Waals surface area contributed by atoms with Crippen LogP contribution < -0.4 is 34.5 Å². The summed E-state index contributed by atoms with van der Waals surface area (Å²) in [6.07, 6.45) is 3.27. The maximum Gasteiger partial charge on any atom is 1.00 e. The Balaban J connectivity index is 0. The molecule has 100 valence electrons. The molecule has 0 heterocycles. The van der Waals surface area contributed by atoms with Gasteiger partial charge in [-0.15, -0.1) is 0 Å². The molecule has 0 saturated carbocycles. The SMILES string of the molecule is CN(CCC[C-]=O)c1ccc(S[P+](P)=S)cc1.[Na+].[OH-]. The van der Waals surface area contributed by atoms with Crippen molar-refractivity contribution in [1.82, 2.24) is 0 Å². The van der Waals surface area contributed by atoms with Gasteiger partial charge < -0.3 is 15.2 Å². The Bertz CT molecular complexity index is 393. The van der Waals surface area contributed by atoms with Crippen molar-refractivity contribution in [3.05, 3.63) is 24.3 Å². The van der Waals surface area contributed by atoms with Gasteiger partial charge in [-0.1, -0.05) is 6.42 Å². The Morgan fingerprint density at radius 3 is 2.47 bits per heavy atom. The summed E-state index contributed by atoms with van der Waals surface area (Å²) in [5, 5.41) is 0. The van der Waals surface area contributed by atoms with E-state index < -0.39 is 5.59 Å². The summed E-state index contributed by atoms with van der Waals surface area (Å²) in [5.41, 5.74) is 0.711. The third kappa shape index (κ3) is 9.49. The molecule has 0 fully saturated rings. The molecule has 1 aromatic carbocycles. The second-order valence-corrected chi connectivity index (χ2v) is 12.2. The van der Waals surface area contributed by atoms with Gasteiger partial charge in [0.2, 0.25) is 0 Å². The molecule has 0 aliphatic rings. The minimum absolute atomic E-state index is 0. The summed E-state index contributed by atoms with van der Waals surface area (Å²) in [4.78, 5) is 13.5. The van der Waals surface area contributed by atoms with Crippen LogP contribution in [0.15, 0.2) is 29.2 Å². The first kappa shape index (κ1) is 22.2. The number of rotatable bonds is 7. The molecule has 0 bridgehead atoms. The predicted molar refractivity (Wildman–Crippen MR) is 86.4 cm³/mol. The third-order valence-electron chi connectivity index (χ3n) is 2.25. The van der Waals surface area contributed by atoms with E-state index in [0.29, 0.717) is 6.42 Å². The van der Waals surface area contributed by atoms with E-state index in [1.54, 1.807) is 11.4 Å². The molecule has 0 radical (unpaired) electrons. The minimum Gasteiger partial charge on any atom is -0.870 e. The Hall–Kier alpha value is 0.950. The van der Waals surface area contributed by atoms with Crippen molar-refractivity contribution >= 4 is 49.7 Å². The van der Waals surface area contributed by atoms with Crippen LogP contribution in [0.3, 0.4) is 0 Å². The van der Waals surface area contributed by atoms with Crippen LogP contribution in [0.2, 0.25) is 0 Å². The van der Waals surface area contributed by atoms with Crippen LogP contribution in [0.4, 0.5) is 5.69 Å². The number of benzene rings is 1. The van der Waals surface area contributed by atoms with Crippen molar-refractivity contribution in [3.8, 4) is 0 Å². The number of unbranched alkanes of at least 4 members (excludes halogenated alkanes) is 1. The van der Waals surface area contributed by atoms with Crippen LogP contribution in [-0.4, -0.2) is 25.4 Å². The van der Waals surface area contributed by atoms with Gasteiger partial charge in [0.25, 0.3) is 5.59 Å². The predicted octanol–water partition coefficient (Wildman–Crippen LogP) is 0.581. The fourth-order valence-corrected chi connectivity index (χ4v) is 4.71. The van der Waals surface area contributed by atoms with Crippen LogP contribution in [0, 0.1) is 0 Å². The van der Waals surface area contributed by atoms with Gasteiger partial charge in [-0.05, 0) is 24.3 Å². The molecule has 3 nitrogen and oxygen atoms in total. The van der Waals surface area contributed by atoms with Crippen molar-refractivity contribution < 1.29 is 39.8 Å². The van der Waals surface area contributed by atoms with E-state index in [1.165, 1.54) is 4.90 Å². The fraction of sp³-hybridized carbons (Fsp3) is 0.364. The van der Waals surface area contributed by atoms with Gasteiger partial charge in [-0.2, -0.15) is 6.42 Å². The summed E-state index contributed by atoms with van der Waals surface area (Å²) in [5.74, 6) is 0. The molecule has 2 atom stereocenters. The number of hydrogen-bond donors (Lipinski definition) is 0. The molecule has 19 heavy (non-hydrogen) atoms. The van der Waals surface area contributed by atoms with E-state index in [2.05, 4.69) is 38.1 Å². The third-order valence-corrected chi connectivity index (χ3v) is 5.70. The number of anilines is 1. The Morgan fingerprint density at radius 2 is 2.00 bits per heavy atom. The molecule has 2 unspecified atom stereocenters. The van der Waals surface area contributed by atoms with Gasteiger partial charge >= 0.3 is 29.6 Å². The summed E-state index contributed by atoms with van der Waals surface area (Å²) in [7, 11) is 4.69. The van der Waals surface area contributed by atoms with Crippen LogP contribution in [0.1, 0.15) is 12.8 Å². The summed E-state index contributed by atoms with van der Waals surface area (Å²) < 4.78 is 0. The van der Waals surface area contributed by atoms with Gasteiger partial charge in [0.1, 0.15) is 20.3 Å². The van der Waals surface area contributed by atoms with Crippen LogP contribution >= 0.6 is 25.9 Å². The molecule has 1 aromatic rings. The van der Waals surface area contributed by atoms with Crippen LogP contribution in [-0.2, 0) is 16.6 Å². The van der Waals surface area contributed by atoms with Crippen LogP contribution in [0.5, 0.6) is 0 Å². The first-order chi connectivity index (χ1) is 8.13. The Kier molecular flexibility index (Phi) is 14.8. The summed E-state index contributed by atoms with van der Waals surface area (Å²) in [6.45, 7) is 0.874. The number of carbonyl (C=O) groups excluding carboxylic acids is 1.